The highest BCUT2D eigenvalue weighted by Gasteiger charge is 2.18. The highest BCUT2D eigenvalue weighted by atomic mass is 16.7. The van der Waals surface area contributed by atoms with Gasteiger partial charge >= 0.3 is 6.09 Å². The number of hydrogen-bond donors (Lipinski definition) is 1. The minimum atomic E-state index is -0.477. The first-order valence-electron chi connectivity index (χ1n) is 5.60. The number of rotatable bonds is 3. The molecule has 0 aliphatic rings. The molecule has 92 valence electrons. The molecule has 0 atom stereocenters. The molecule has 0 fully saturated rings. The van der Waals surface area contributed by atoms with Crippen molar-refractivity contribution in [2.24, 2.45) is 0 Å². The van der Waals surface area contributed by atoms with E-state index in [9.17, 15) is 4.79 Å². The molecule has 0 saturated carbocycles. The maximum absolute atomic E-state index is 12.0. The zero-order chi connectivity index (χ0) is 12.8. The van der Waals surface area contributed by atoms with Crippen molar-refractivity contribution in [3.63, 3.8) is 0 Å². The Kier molecular flexibility index (Phi) is 3.94. The predicted molar refractivity (Wildman–Crippen MR) is 70.6 cm³/mol. The number of anilines is 2. The lowest BCUT2D eigenvalue weighted by Crippen LogP contribution is -2.30. The quantitative estimate of drug-likeness (QED) is 0.841. The molecule has 2 aromatic carbocycles. The van der Waals surface area contributed by atoms with Gasteiger partial charge in [-0.15, -0.1) is 0 Å². The number of hydroxylamine groups is 1. The Morgan fingerprint density at radius 1 is 0.944 bits per heavy atom. The molecule has 0 radical (unpaired) electrons. The Morgan fingerprint density at radius 3 is 1.78 bits per heavy atom. The third-order valence-corrected chi connectivity index (χ3v) is 2.40. The highest BCUT2D eigenvalue weighted by Crippen LogP contribution is 2.25. The number of nitrogens with zero attached hydrogens (tertiary/aromatic N) is 1. The van der Waals surface area contributed by atoms with E-state index in [1.54, 1.807) is 7.05 Å². The first-order chi connectivity index (χ1) is 8.83. The zero-order valence-corrected chi connectivity index (χ0v) is 10.0. The van der Waals surface area contributed by atoms with E-state index in [2.05, 4.69) is 5.48 Å². The first kappa shape index (κ1) is 12.1. The average Bonchev–Trinajstić information content (AvgIpc) is 2.42. The molecule has 0 aromatic heterocycles. The Hall–Kier alpha value is -2.33. The van der Waals surface area contributed by atoms with Gasteiger partial charge in [-0.2, -0.15) is 5.48 Å². The van der Waals surface area contributed by atoms with Gasteiger partial charge in [-0.25, -0.2) is 9.69 Å². The lowest BCUT2D eigenvalue weighted by atomic mass is 10.2. The van der Waals surface area contributed by atoms with E-state index < -0.39 is 6.09 Å². The summed E-state index contributed by atoms with van der Waals surface area (Å²) >= 11 is 0. The third kappa shape index (κ3) is 2.67. The van der Waals surface area contributed by atoms with Crippen LogP contribution >= 0.6 is 0 Å². The third-order valence-electron chi connectivity index (χ3n) is 2.40. The molecule has 0 unspecified atom stereocenters. The first-order valence-corrected chi connectivity index (χ1v) is 5.60. The van der Waals surface area contributed by atoms with Gasteiger partial charge in [0.25, 0.3) is 0 Å². The Morgan fingerprint density at radius 2 is 1.39 bits per heavy atom. The Bertz CT molecular complexity index is 460. The van der Waals surface area contributed by atoms with Crippen molar-refractivity contribution in [2.45, 2.75) is 0 Å². The monoisotopic (exact) mass is 242 g/mol. The summed E-state index contributed by atoms with van der Waals surface area (Å²) in [4.78, 5) is 18.3. The van der Waals surface area contributed by atoms with E-state index >= 15 is 0 Å². The number of carbonyl (C=O) groups is 1. The second kappa shape index (κ2) is 5.84. The van der Waals surface area contributed by atoms with Gasteiger partial charge in [-0.1, -0.05) is 36.4 Å². The molecule has 18 heavy (non-hydrogen) atoms. The van der Waals surface area contributed by atoms with Gasteiger partial charge in [0.15, 0.2) is 0 Å². The van der Waals surface area contributed by atoms with E-state index in [-0.39, 0.29) is 0 Å². The van der Waals surface area contributed by atoms with Crippen molar-refractivity contribution >= 4 is 17.5 Å². The van der Waals surface area contributed by atoms with Crippen LogP contribution in [0.1, 0.15) is 0 Å². The van der Waals surface area contributed by atoms with Crippen molar-refractivity contribution in [2.75, 3.05) is 11.9 Å². The molecule has 0 aliphatic carbocycles. The zero-order valence-electron chi connectivity index (χ0n) is 10.0. The molecule has 2 rings (SSSR count). The normalized spacial score (nSPS) is 9.83. The van der Waals surface area contributed by atoms with Crippen molar-refractivity contribution in [1.82, 2.24) is 5.48 Å². The van der Waals surface area contributed by atoms with E-state index in [4.69, 9.17) is 4.84 Å². The summed E-state index contributed by atoms with van der Waals surface area (Å²) in [6, 6.07) is 18.7. The van der Waals surface area contributed by atoms with Crippen LogP contribution in [0.2, 0.25) is 0 Å². The van der Waals surface area contributed by atoms with E-state index in [0.717, 1.165) is 11.4 Å². The van der Waals surface area contributed by atoms with Crippen LogP contribution in [0.15, 0.2) is 60.7 Å². The number of hydrogen-bond acceptors (Lipinski definition) is 3. The van der Waals surface area contributed by atoms with E-state index in [0.29, 0.717) is 0 Å². The van der Waals surface area contributed by atoms with Gasteiger partial charge in [-0.3, -0.25) is 0 Å². The van der Waals surface area contributed by atoms with Crippen molar-refractivity contribution in [3.8, 4) is 0 Å². The molecular weight excluding hydrogens is 228 g/mol. The minimum absolute atomic E-state index is 0.477. The molecule has 0 spiro atoms. The van der Waals surface area contributed by atoms with Crippen LogP contribution in [-0.4, -0.2) is 13.1 Å². The molecule has 4 heteroatoms. The van der Waals surface area contributed by atoms with Gasteiger partial charge in [0.2, 0.25) is 0 Å². The van der Waals surface area contributed by atoms with Crippen LogP contribution in [0.25, 0.3) is 0 Å². The number of para-hydroxylation sites is 2. The van der Waals surface area contributed by atoms with Gasteiger partial charge in [-0.05, 0) is 24.3 Å². The molecule has 2 aromatic rings. The number of benzene rings is 2. The van der Waals surface area contributed by atoms with Crippen LogP contribution in [-0.2, 0) is 4.84 Å². The fourth-order valence-corrected chi connectivity index (χ4v) is 1.65. The molecule has 1 N–H and O–H groups in total. The highest BCUT2D eigenvalue weighted by molar-refractivity contribution is 5.95. The second-order valence-corrected chi connectivity index (χ2v) is 3.58. The number of amides is 1. The SMILES string of the molecule is CNOC(=O)N(c1ccccc1)c1ccccc1. The van der Waals surface area contributed by atoms with Crippen LogP contribution in [0, 0.1) is 0 Å². The molecule has 0 saturated heterocycles. The van der Waals surface area contributed by atoms with Gasteiger partial charge < -0.3 is 4.84 Å². The van der Waals surface area contributed by atoms with Crippen LogP contribution in [0.3, 0.4) is 0 Å². The van der Waals surface area contributed by atoms with E-state index in [1.165, 1.54) is 4.90 Å². The molecule has 0 heterocycles. The van der Waals surface area contributed by atoms with Gasteiger partial charge in [0, 0.05) is 7.05 Å². The van der Waals surface area contributed by atoms with Crippen LogP contribution < -0.4 is 10.4 Å². The maximum atomic E-state index is 12.0. The standard InChI is InChI=1S/C14H14N2O2/c1-15-18-14(17)16(12-8-4-2-5-9-12)13-10-6-3-7-11-13/h2-11,15H,1H3. The van der Waals surface area contributed by atoms with Gasteiger partial charge in [0.1, 0.15) is 0 Å². The largest absolute Gasteiger partial charge is 0.437 e. The Balaban J connectivity index is 2.38. The summed E-state index contributed by atoms with van der Waals surface area (Å²) in [5, 5.41) is 0. The van der Waals surface area contributed by atoms with Crippen molar-refractivity contribution in [3.05, 3.63) is 60.7 Å². The summed E-state index contributed by atoms with van der Waals surface area (Å²) in [7, 11) is 1.55. The smallest absolute Gasteiger partial charge is 0.354 e. The maximum Gasteiger partial charge on any atom is 0.437 e. The van der Waals surface area contributed by atoms with Crippen molar-refractivity contribution < 1.29 is 9.63 Å². The fraction of sp³-hybridized carbons (Fsp3) is 0.0714. The van der Waals surface area contributed by atoms with Crippen LogP contribution in [0.4, 0.5) is 16.2 Å². The van der Waals surface area contributed by atoms with Crippen molar-refractivity contribution in [1.29, 1.82) is 0 Å². The summed E-state index contributed by atoms with van der Waals surface area (Å²) < 4.78 is 0. The molecule has 4 nitrogen and oxygen atoms in total. The average molecular weight is 242 g/mol. The lowest BCUT2D eigenvalue weighted by molar-refractivity contribution is 0.112. The van der Waals surface area contributed by atoms with Crippen LogP contribution in [0.5, 0.6) is 0 Å². The fourth-order valence-electron chi connectivity index (χ4n) is 1.65. The lowest BCUT2D eigenvalue weighted by Gasteiger charge is -2.21. The molecule has 0 bridgehead atoms. The predicted octanol–water partition coefficient (Wildman–Crippen LogP) is 3.10. The Labute approximate surface area is 106 Å². The second-order valence-electron chi connectivity index (χ2n) is 3.58. The molecule has 1 amide bonds. The number of nitrogens with one attached hydrogen (secondary N) is 1. The topological polar surface area (TPSA) is 41.6 Å². The summed E-state index contributed by atoms with van der Waals surface area (Å²) in [6.07, 6.45) is -0.477. The van der Waals surface area contributed by atoms with E-state index in [1.807, 2.05) is 60.7 Å². The minimum Gasteiger partial charge on any atom is -0.354 e. The summed E-state index contributed by atoms with van der Waals surface area (Å²) in [6.45, 7) is 0. The summed E-state index contributed by atoms with van der Waals surface area (Å²) in [5.74, 6) is 0. The summed E-state index contributed by atoms with van der Waals surface area (Å²) in [5.41, 5.74) is 3.90. The van der Waals surface area contributed by atoms with Gasteiger partial charge in [0.05, 0.1) is 11.4 Å². The number of carbonyl (C=O) groups excluding carboxylic acids is 1. The molecule has 0 aliphatic heterocycles. The molecular formula is C14H14N2O2.